The number of para-hydroxylation sites is 1. The van der Waals surface area contributed by atoms with Gasteiger partial charge in [-0.1, -0.05) is 29.3 Å². The lowest BCUT2D eigenvalue weighted by atomic mass is 10.2. The van der Waals surface area contributed by atoms with Crippen LogP contribution in [0.15, 0.2) is 48.5 Å². The SMILES string of the molecule is O=C(COC(=O)/C=C/c1ccc([N+](=O)[O-])cc1)Nc1c(Cl)cccc1Cl. The summed E-state index contributed by atoms with van der Waals surface area (Å²) in [5.74, 6) is -1.35. The predicted molar refractivity (Wildman–Crippen MR) is 98.2 cm³/mol. The molecule has 2 rings (SSSR count). The van der Waals surface area contributed by atoms with Gasteiger partial charge in [0.1, 0.15) is 0 Å². The molecule has 0 heterocycles. The number of ether oxygens (including phenoxy) is 1. The molecule has 26 heavy (non-hydrogen) atoms. The summed E-state index contributed by atoms with van der Waals surface area (Å²) in [4.78, 5) is 33.5. The third-order valence-electron chi connectivity index (χ3n) is 3.09. The van der Waals surface area contributed by atoms with Crippen LogP contribution in [0.3, 0.4) is 0 Å². The van der Waals surface area contributed by atoms with E-state index in [4.69, 9.17) is 27.9 Å². The van der Waals surface area contributed by atoms with E-state index in [2.05, 4.69) is 5.32 Å². The first-order valence-electron chi connectivity index (χ1n) is 7.20. The van der Waals surface area contributed by atoms with Crippen molar-refractivity contribution in [3.8, 4) is 0 Å². The van der Waals surface area contributed by atoms with Gasteiger partial charge < -0.3 is 10.1 Å². The number of hydrogen-bond donors (Lipinski definition) is 1. The number of carbonyl (C=O) groups is 2. The van der Waals surface area contributed by atoms with Crippen molar-refractivity contribution in [2.75, 3.05) is 11.9 Å². The Hall–Kier alpha value is -2.90. The van der Waals surface area contributed by atoms with E-state index < -0.39 is 23.4 Å². The maximum Gasteiger partial charge on any atom is 0.331 e. The molecular formula is C17H12Cl2N2O5. The van der Waals surface area contributed by atoms with Crippen LogP contribution in [0.25, 0.3) is 6.08 Å². The molecule has 0 unspecified atom stereocenters. The number of nitro benzene ring substituents is 1. The van der Waals surface area contributed by atoms with E-state index in [9.17, 15) is 19.7 Å². The van der Waals surface area contributed by atoms with Gasteiger partial charge in [0.25, 0.3) is 11.6 Å². The maximum absolute atomic E-state index is 11.8. The van der Waals surface area contributed by atoms with Gasteiger partial charge in [-0.05, 0) is 35.9 Å². The van der Waals surface area contributed by atoms with Crippen LogP contribution in [0, 0.1) is 10.1 Å². The Morgan fingerprint density at radius 2 is 1.73 bits per heavy atom. The highest BCUT2D eigenvalue weighted by molar-refractivity contribution is 6.39. The Balaban J connectivity index is 1.86. The summed E-state index contributed by atoms with van der Waals surface area (Å²) in [7, 11) is 0. The van der Waals surface area contributed by atoms with Crippen molar-refractivity contribution < 1.29 is 19.2 Å². The highest BCUT2D eigenvalue weighted by Crippen LogP contribution is 2.29. The van der Waals surface area contributed by atoms with Crippen molar-refractivity contribution >= 4 is 52.5 Å². The lowest BCUT2D eigenvalue weighted by molar-refractivity contribution is -0.384. The van der Waals surface area contributed by atoms with Gasteiger partial charge in [-0.15, -0.1) is 0 Å². The zero-order chi connectivity index (χ0) is 19.1. The number of nitro groups is 1. The summed E-state index contributed by atoms with van der Waals surface area (Å²) < 4.78 is 4.81. The Morgan fingerprint density at radius 3 is 2.31 bits per heavy atom. The molecule has 0 spiro atoms. The van der Waals surface area contributed by atoms with Crippen molar-refractivity contribution in [1.82, 2.24) is 0 Å². The first-order chi connectivity index (χ1) is 12.4. The minimum atomic E-state index is -0.747. The number of esters is 1. The summed E-state index contributed by atoms with van der Waals surface area (Å²) >= 11 is 11.8. The molecular weight excluding hydrogens is 383 g/mol. The second kappa shape index (κ2) is 8.98. The third-order valence-corrected chi connectivity index (χ3v) is 3.72. The first-order valence-corrected chi connectivity index (χ1v) is 7.95. The molecule has 0 fully saturated rings. The molecule has 0 aliphatic heterocycles. The standard InChI is InChI=1S/C17H12Cl2N2O5/c18-13-2-1-3-14(19)17(13)20-15(22)10-26-16(23)9-6-11-4-7-12(8-5-11)21(24)25/h1-9H,10H2,(H,20,22)/b9-6+. The largest absolute Gasteiger partial charge is 0.452 e. The van der Waals surface area contributed by atoms with Gasteiger partial charge in [0.2, 0.25) is 0 Å². The van der Waals surface area contributed by atoms with E-state index in [1.807, 2.05) is 0 Å². The lowest BCUT2D eigenvalue weighted by Gasteiger charge is -2.08. The number of hydrogen-bond acceptors (Lipinski definition) is 5. The molecule has 1 amide bonds. The average molecular weight is 395 g/mol. The lowest BCUT2D eigenvalue weighted by Crippen LogP contribution is -2.20. The van der Waals surface area contributed by atoms with Crippen molar-refractivity contribution in [1.29, 1.82) is 0 Å². The van der Waals surface area contributed by atoms with E-state index in [0.29, 0.717) is 5.56 Å². The fourth-order valence-electron chi connectivity index (χ4n) is 1.85. The van der Waals surface area contributed by atoms with E-state index in [-0.39, 0.29) is 21.4 Å². The molecule has 0 aliphatic rings. The van der Waals surface area contributed by atoms with Gasteiger partial charge in [0.05, 0.1) is 20.7 Å². The number of rotatable bonds is 6. The van der Waals surface area contributed by atoms with Crippen molar-refractivity contribution in [3.05, 3.63) is 74.3 Å². The molecule has 0 atom stereocenters. The maximum atomic E-state index is 11.8. The summed E-state index contributed by atoms with van der Waals surface area (Å²) in [6, 6.07) is 10.3. The second-order valence-electron chi connectivity index (χ2n) is 4.93. The third kappa shape index (κ3) is 5.58. The Kier molecular flexibility index (Phi) is 6.71. The molecule has 0 saturated heterocycles. The minimum absolute atomic E-state index is 0.0559. The molecule has 0 aromatic heterocycles. The minimum Gasteiger partial charge on any atom is -0.452 e. The number of anilines is 1. The van der Waals surface area contributed by atoms with Crippen LogP contribution in [0.2, 0.25) is 10.0 Å². The zero-order valence-corrected chi connectivity index (χ0v) is 14.7. The van der Waals surface area contributed by atoms with Crippen molar-refractivity contribution in [2.24, 2.45) is 0 Å². The summed E-state index contributed by atoms with van der Waals surface area (Å²) in [6.45, 7) is -0.523. The van der Waals surface area contributed by atoms with Gasteiger partial charge in [-0.2, -0.15) is 0 Å². The topological polar surface area (TPSA) is 98.5 Å². The molecule has 0 aliphatic carbocycles. The van der Waals surface area contributed by atoms with E-state index in [1.165, 1.54) is 30.3 Å². The normalized spacial score (nSPS) is 10.5. The van der Waals surface area contributed by atoms with Crippen LogP contribution in [-0.4, -0.2) is 23.4 Å². The molecule has 2 aromatic rings. The number of nitrogens with one attached hydrogen (secondary N) is 1. The van der Waals surface area contributed by atoms with Crippen LogP contribution in [-0.2, 0) is 14.3 Å². The van der Waals surface area contributed by atoms with E-state index >= 15 is 0 Å². The zero-order valence-electron chi connectivity index (χ0n) is 13.1. The van der Waals surface area contributed by atoms with E-state index in [0.717, 1.165) is 6.08 Å². The van der Waals surface area contributed by atoms with Crippen LogP contribution in [0.1, 0.15) is 5.56 Å². The first kappa shape index (κ1) is 19.4. The fourth-order valence-corrected chi connectivity index (χ4v) is 2.34. The van der Waals surface area contributed by atoms with Crippen LogP contribution in [0.5, 0.6) is 0 Å². The van der Waals surface area contributed by atoms with Gasteiger partial charge in [-0.3, -0.25) is 14.9 Å². The summed E-state index contributed by atoms with van der Waals surface area (Å²) in [6.07, 6.45) is 2.52. The summed E-state index contributed by atoms with van der Waals surface area (Å²) in [5, 5.41) is 13.5. The van der Waals surface area contributed by atoms with Crippen molar-refractivity contribution in [3.63, 3.8) is 0 Å². The predicted octanol–water partition coefficient (Wildman–Crippen LogP) is 4.10. The number of halogens is 2. The quantitative estimate of drug-likeness (QED) is 0.344. The molecule has 0 saturated carbocycles. The van der Waals surface area contributed by atoms with Crippen LogP contribution < -0.4 is 5.32 Å². The molecule has 2 aromatic carbocycles. The highest BCUT2D eigenvalue weighted by atomic mass is 35.5. The van der Waals surface area contributed by atoms with Gasteiger partial charge in [-0.25, -0.2) is 4.79 Å². The second-order valence-corrected chi connectivity index (χ2v) is 5.75. The molecule has 0 radical (unpaired) electrons. The van der Waals surface area contributed by atoms with Crippen LogP contribution >= 0.6 is 23.2 Å². The number of carbonyl (C=O) groups excluding carboxylic acids is 2. The van der Waals surface area contributed by atoms with Crippen molar-refractivity contribution in [2.45, 2.75) is 0 Å². The number of non-ortho nitro benzene ring substituents is 1. The smallest absolute Gasteiger partial charge is 0.331 e. The summed E-state index contributed by atoms with van der Waals surface area (Å²) in [5.41, 5.74) is 0.748. The van der Waals surface area contributed by atoms with Crippen LogP contribution in [0.4, 0.5) is 11.4 Å². The molecule has 9 heteroatoms. The monoisotopic (exact) mass is 394 g/mol. The Morgan fingerprint density at radius 1 is 1.12 bits per heavy atom. The Bertz CT molecular complexity index is 846. The van der Waals surface area contributed by atoms with Gasteiger partial charge in [0.15, 0.2) is 6.61 Å². The average Bonchev–Trinajstić information content (AvgIpc) is 2.61. The molecule has 0 bridgehead atoms. The number of amides is 1. The fraction of sp³-hybridized carbons (Fsp3) is 0.0588. The van der Waals surface area contributed by atoms with Gasteiger partial charge >= 0.3 is 5.97 Å². The molecule has 134 valence electrons. The Labute approximate surface area is 158 Å². The highest BCUT2D eigenvalue weighted by Gasteiger charge is 2.11. The van der Waals surface area contributed by atoms with E-state index in [1.54, 1.807) is 18.2 Å². The number of benzene rings is 2. The molecule has 1 N–H and O–H groups in total. The molecule has 7 nitrogen and oxygen atoms in total. The van der Waals surface area contributed by atoms with Gasteiger partial charge in [0, 0.05) is 18.2 Å². The number of nitrogens with zero attached hydrogens (tertiary/aromatic N) is 1.